The third-order valence-electron chi connectivity index (χ3n) is 4.69. The number of carboxylic acid groups (broad SMARTS) is 2. The van der Waals surface area contributed by atoms with Crippen LogP contribution in [0.2, 0.25) is 0 Å². The Bertz CT molecular complexity index is 676. The highest BCUT2D eigenvalue weighted by molar-refractivity contribution is 7.17. The molecule has 0 unspecified atom stereocenters. The van der Waals surface area contributed by atoms with Crippen molar-refractivity contribution < 1.29 is 24.6 Å². The summed E-state index contributed by atoms with van der Waals surface area (Å²) in [6, 6.07) is 0. The van der Waals surface area contributed by atoms with Crippen molar-refractivity contribution >= 4 is 34.2 Å². The van der Waals surface area contributed by atoms with E-state index in [2.05, 4.69) is 5.32 Å². The summed E-state index contributed by atoms with van der Waals surface area (Å²) in [6.07, 6.45) is 3.67. The SMILES string of the molecule is O=C(CN1CCC(C(=O)O)CC1)Nc1sc2c(c1C(=O)O)CCC2. The molecule has 0 bridgehead atoms. The van der Waals surface area contributed by atoms with Gasteiger partial charge in [-0.2, -0.15) is 0 Å². The molecule has 0 atom stereocenters. The number of rotatable bonds is 5. The van der Waals surface area contributed by atoms with Crippen LogP contribution in [0.15, 0.2) is 0 Å². The summed E-state index contributed by atoms with van der Waals surface area (Å²) in [4.78, 5) is 37.7. The molecular formula is C16H20N2O5S. The minimum atomic E-state index is -0.994. The van der Waals surface area contributed by atoms with Gasteiger partial charge in [0.05, 0.1) is 18.0 Å². The van der Waals surface area contributed by atoms with Crippen LogP contribution in [0.3, 0.4) is 0 Å². The molecule has 2 aliphatic rings. The van der Waals surface area contributed by atoms with E-state index in [1.807, 2.05) is 4.90 Å². The van der Waals surface area contributed by atoms with Crippen LogP contribution in [0, 0.1) is 5.92 Å². The molecule has 1 saturated heterocycles. The molecule has 0 aromatic carbocycles. The predicted octanol–water partition coefficient (Wildman–Crippen LogP) is 1.67. The first-order valence-corrected chi connectivity index (χ1v) is 8.90. The van der Waals surface area contributed by atoms with Crippen molar-refractivity contribution in [3.8, 4) is 0 Å². The molecule has 1 aliphatic carbocycles. The second kappa shape index (κ2) is 6.90. The molecule has 8 heteroatoms. The first-order chi connectivity index (χ1) is 11.5. The van der Waals surface area contributed by atoms with Gasteiger partial charge in [0, 0.05) is 4.88 Å². The number of aliphatic carboxylic acids is 1. The Kier molecular flexibility index (Phi) is 4.86. The number of carbonyl (C=O) groups excluding carboxylic acids is 1. The molecule has 24 heavy (non-hydrogen) atoms. The first kappa shape index (κ1) is 16.9. The highest BCUT2D eigenvalue weighted by atomic mass is 32.1. The van der Waals surface area contributed by atoms with Crippen molar-refractivity contribution in [1.82, 2.24) is 4.90 Å². The van der Waals surface area contributed by atoms with Gasteiger partial charge in [-0.15, -0.1) is 11.3 Å². The molecule has 0 spiro atoms. The molecule has 3 rings (SSSR count). The lowest BCUT2D eigenvalue weighted by molar-refractivity contribution is -0.143. The van der Waals surface area contributed by atoms with Gasteiger partial charge >= 0.3 is 11.9 Å². The van der Waals surface area contributed by atoms with E-state index in [9.17, 15) is 19.5 Å². The summed E-state index contributed by atoms with van der Waals surface area (Å²) < 4.78 is 0. The summed E-state index contributed by atoms with van der Waals surface area (Å²) in [7, 11) is 0. The highest BCUT2D eigenvalue weighted by Gasteiger charge is 2.28. The van der Waals surface area contributed by atoms with Crippen LogP contribution in [0.5, 0.6) is 0 Å². The number of hydrogen-bond donors (Lipinski definition) is 3. The number of likely N-dealkylation sites (tertiary alicyclic amines) is 1. The van der Waals surface area contributed by atoms with E-state index in [0.717, 1.165) is 29.7 Å². The van der Waals surface area contributed by atoms with E-state index in [0.29, 0.717) is 30.9 Å². The van der Waals surface area contributed by atoms with Gasteiger partial charge in [0.15, 0.2) is 0 Å². The number of anilines is 1. The number of aryl methyl sites for hydroxylation is 1. The lowest BCUT2D eigenvalue weighted by atomic mass is 9.97. The maximum absolute atomic E-state index is 12.2. The largest absolute Gasteiger partial charge is 0.481 e. The van der Waals surface area contributed by atoms with Gasteiger partial charge < -0.3 is 15.5 Å². The minimum Gasteiger partial charge on any atom is -0.481 e. The molecule has 1 aromatic heterocycles. The number of fused-ring (bicyclic) bond motifs is 1. The third-order valence-corrected chi connectivity index (χ3v) is 5.90. The average Bonchev–Trinajstić information content (AvgIpc) is 3.07. The number of nitrogens with one attached hydrogen (secondary N) is 1. The Hall–Kier alpha value is -1.93. The van der Waals surface area contributed by atoms with Crippen LogP contribution < -0.4 is 5.32 Å². The quantitative estimate of drug-likeness (QED) is 0.744. The standard InChI is InChI=1S/C16H20N2O5S/c19-12(8-18-6-4-9(5-7-18)15(20)21)17-14-13(16(22)23)10-2-1-3-11(10)24-14/h9H,1-8H2,(H,17,19)(H,20,21)(H,22,23). The van der Waals surface area contributed by atoms with Gasteiger partial charge in [0.1, 0.15) is 5.00 Å². The number of amides is 1. The molecule has 1 aliphatic heterocycles. The Morgan fingerprint density at radius 1 is 1.17 bits per heavy atom. The zero-order valence-corrected chi connectivity index (χ0v) is 14.0. The van der Waals surface area contributed by atoms with Crippen LogP contribution in [0.25, 0.3) is 0 Å². The maximum atomic E-state index is 12.2. The number of carbonyl (C=O) groups is 3. The van der Waals surface area contributed by atoms with Crippen molar-refractivity contribution in [2.45, 2.75) is 32.1 Å². The fourth-order valence-electron chi connectivity index (χ4n) is 3.43. The van der Waals surface area contributed by atoms with E-state index in [4.69, 9.17) is 5.11 Å². The molecule has 2 heterocycles. The number of piperidine rings is 1. The minimum absolute atomic E-state index is 0.161. The number of nitrogens with zero attached hydrogens (tertiary/aromatic N) is 1. The van der Waals surface area contributed by atoms with Crippen LogP contribution in [0.4, 0.5) is 5.00 Å². The monoisotopic (exact) mass is 352 g/mol. The smallest absolute Gasteiger partial charge is 0.339 e. The fourth-order valence-corrected chi connectivity index (χ4v) is 4.72. The van der Waals surface area contributed by atoms with Crippen molar-refractivity contribution in [3.05, 3.63) is 16.0 Å². The lowest BCUT2D eigenvalue weighted by Crippen LogP contribution is -2.40. The highest BCUT2D eigenvalue weighted by Crippen LogP contribution is 2.39. The van der Waals surface area contributed by atoms with E-state index in [1.54, 1.807) is 0 Å². The zero-order chi connectivity index (χ0) is 17.3. The second-order valence-corrected chi connectivity index (χ2v) is 7.41. The zero-order valence-electron chi connectivity index (χ0n) is 13.2. The summed E-state index contributed by atoms with van der Waals surface area (Å²) in [5.41, 5.74) is 1.11. The van der Waals surface area contributed by atoms with Crippen molar-refractivity contribution in [3.63, 3.8) is 0 Å². The van der Waals surface area contributed by atoms with Crippen LogP contribution in [-0.4, -0.2) is 52.6 Å². The van der Waals surface area contributed by atoms with Crippen molar-refractivity contribution in [2.24, 2.45) is 5.92 Å². The second-order valence-electron chi connectivity index (χ2n) is 6.30. The van der Waals surface area contributed by atoms with E-state index in [-0.39, 0.29) is 23.9 Å². The molecule has 0 saturated carbocycles. The van der Waals surface area contributed by atoms with Gasteiger partial charge in [-0.3, -0.25) is 14.5 Å². The van der Waals surface area contributed by atoms with Gasteiger partial charge in [0.2, 0.25) is 5.91 Å². The predicted molar refractivity (Wildman–Crippen MR) is 88.7 cm³/mol. The van der Waals surface area contributed by atoms with Crippen LogP contribution in [0.1, 0.15) is 40.1 Å². The number of hydrogen-bond acceptors (Lipinski definition) is 5. The molecule has 1 fully saturated rings. The van der Waals surface area contributed by atoms with Gasteiger partial charge in [-0.25, -0.2) is 4.79 Å². The summed E-state index contributed by atoms with van der Waals surface area (Å²) in [5, 5.41) is 21.6. The topological polar surface area (TPSA) is 107 Å². The summed E-state index contributed by atoms with van der Waals surface area (Å²) in [6.45, 7) is 1.29. The lowest BCUT2D eigenvalue weighted by Gasteiger charge is -2.29. The van der Waals surface area contributed by atoms with E-state index in [1.165, 1.54) is 11.3 Å². The van der Waals surface area contributed by atoms with Gasteiger partial charge in [-0.05, 0) is 50.8 Å². The molecule has 130 valence electrons. The fraction of sp³-hybridized carbons (Fsp3) is 0.562. The summed E-state index contributed by atoms with van der Waals surface area (Å²) in [5.74, 6) is -2.35. The molecular weight excluding hydrogens is 332 g/mol. The maximum Gasteiger partial charge on any atom is 0.339 e. The van der Waals surface area contributed by atoms with Gasteiger partial charge in [0.25, 0.3) is 0 Å². The van der Waals surface area contributed by atoms with Gasteiger partial charge in [-0.1, -0.05) is 0 Å². The Labute approximate surface area is 143 Å². The normalized spacial score (nSPS) is 18.3. The Morgan fingerprint density at radius 2 is 1.88 bits per heavy atom. The molecule has 7 nitrogen and oxygen atoms in total. The number of thiophene rings is 1. The van der Waals surface area contributed by atoms with Crippen LogP contribution in [-0.2, 0) is 22.4 Å². The molecule has 0 radical (unpaired) electrons. The third kappa shape index (κ3) is 3.44. The van der Waals surface area contributed by atoms with E-state index < -0.39 is 11.9 Å². The molecule has 3 N–H and O–H groups in total. The number of aromatic carboxylic acids is 1. The Balaban J connectivity index is 1.60. The van der Waals surface area contributed by atoms with E-state index >= 15 is 0 Å². The summed E-state index contributed by atoms with van der Waals surface area (Å²) >= 11 is 1.36. The average molecular weight is 352 g/mol. The van der Waals surface area contributed by atoms with Crippen molar-refractivity contribution in [1.29, 1.82) is 0 Å². The number of carboxylic acids is 2. The Morgan fingerprint density at radius 3 is 2.50 bits per heavy atom. The van der Waals surface area contributed by atoms with Crippen LogP contribution >= 0.6 is 11.3 Å². The first-order valence-electron chi connectivity index (χ1n) is 8.08. The molecule has 1 aromatic rings. The van der Waals surface area contributed by atoms with Crippen molar-refractivity contribution in [2.75, 3.05) is 25.0 Å². The molecule has 1 amide bonds.